The number of amides is 12. The summed E-state index contributed by atoms with van der Waals surface area (Å²) in [6, 6.07) is -13.1. The first-order valence-corrected chi connectivity index (χ1v) is 37.3. The number of likely N-dealkylation sites (N-methyl/N-ethyl adjacent to an activating group) is 7. The lowest BCUT2D eigenvalue weighted by molar-refractivity contribution is -0.153. The minimum atomic E-state index is -1.65. The van der Waals surface area contributed by atoms with Crippen molar-refractivity contribution in [1.82, 2.24) is 60.5 Å². The molecule has 0 aromatic heterocycles. The lowest BCUT2D eigenvalue weighted by Crippen LogP contribution is -2.63. The highest BCUT2D eigenvalue weighted by atomic mass is 35.5. The van der Waals surface area contributed by atoms with Crippen LogP contribution in [0.25, 0.3) is 0 Å². The Kier molecular flexibility index (Phi) is 33.2. The molecule has 0 bridgehead atoms. The second kappa shape index (κ2) is 39.3. The number of hydrogen-bond acceptors (Lipinski definition) is 14. The van der Waals surface area contributed by atoms with Gasteiger partial charge in [0.25, 0.3) is 0 Å². The van der Waals surface area contributed by atoms with Crippen molar-refractivity contribution in [3.05, 3.63) is 0 Å². The van der Waals surface area contributed by atoms with Crippen LogP contribution in [0.15, 0.2) is 0 Å². The molecule has 2 heterocycles. The third-order valence-corrected chi connectivity index (χ3v) is 22.3. The molecule has 26 nitrogen and oxygen atoms in total. The molecule has 5 fully saturated rings. The highest BCUT2D eigenvalue weighted by Gasteiger charge is 2.45. The maximum Gasteiger partial charge on any atom is 0.248 e. The number of alkyl halides is 1. The molecule has 5 N–H and O–H groups in total. The number of rotatable bonds is 14. The average molecular weight is 1420 g/mol. The topological polar surface area (TPSA) is 308 Å². The fraction of sp³-hybridized carbons (Fsp3) is 0.833. The van der Waals surface area contributed by atoms with Gasteiger partial charge >= 0.3 is 0 Å². The molecular formula is C72H123ClN12O14. The van der Waals surface area contributed by atoms with Gasteiger partial charge in [0.15, 0.2) is 0 Å². The predicted octanol–water partition coefficient (Wildman–Crippen LogP) is 4.44. The van der Waals surface area contributed by atoms with Gasteiger partial charge in [-0.3, -0.25) is 57.5 Å². The molecule has 99 heavy (non-hydrogen) atoms. The lowest BCUT2D eigenvalue weighted by Gasteiger charge is -2.40. The van der Waals surface area contributed by atoms with E-state index in [9.17, 15) is 38.7 Å². The Balaban J connectivity index is 1.66. The highest BCUT2D eigenvalue weighted by molar-refractivity contribution is 6.20. The van der Waals surface area contributed by atoms with Crippen LogP contribution in [-0.4, -0.2) is 269 Å². The Labute approximate surface area is 594 Å². The van der Waals surface area contributed by atoms with Gasteiger partial charge in [-0.1, -0.05) is 112 Å². The van der Waals surface area contributed by atoms with Gasteiger partial charge < -0.3 is 70.3 Å². The summed E-state index contributed by atoms with van der Waals surface area (Å²) < 4.78 is 6.54. The molecule has 27 heteroatoms. The number of ether oxygens (including phenoxy) is 1. The van der Waals surface area contributed by atoms with E-state index >= 15 is 24.0 Å². The number of carbonyl (C=O) groups is 12. The van der Waals surface area contributed by atoms with E-state index in [0.29, 0.717) is 45.2 Å². The first kappa shape index (κ1) is 83.5. The van der Waals surface area contributed by atoms with Crippen LogP contribution in [0.2, 0.25) is 0 Å². The van der Waals surface area contributed by atoms with Gasteiger partial charge in [0, 0.05) is 67.8 Å². The molecule has 3 saturated carbocycles. The average Bonchev–Trinajstić information content (AvgIpc) is 0.822. The Morgan fingerprint density at radius 2 is 1.04 bits per heavy atom. The van der Waals surface area contributed by atoms with Crippen LogP contribution in [-0.2, 0) is 62.3 Å². The number of nitrogens with zero attached hydrogens (tertiary/aromatic N) is 8. The number of aliphatic hydroxyl groups is 1. The minimum absolute atomic E-state index is 0.00550. The van der Waals surface area contributed by atoms with E-state index in [-0.39, 0.29) is 55.1 Å². The molecule has 14 atom stereocenters. The standard InChI is InChI=1S/C72H123ClN12O14/c1-17-45(6)62-66(92)77-61(48(9)86)71(97)78(10)41-59(88)80(12)46(7)63(89)74-53(68(94)85-34-25-20-26-35-85)40-58(87)79(11)47(8)64(90)76-60(44(4)5)72(98)83(15)56(36-43(2)3)69(95)81(13)55(37-49-28-21-18-22-29-49)65(91)75-54(42-99-52-33-27-32-51(73)39-52)67(93)82(14)57(70(96)84(62)16)38-50-30-23-19-24-31-50/h43-57,60-62,86H,17-42H2,1-16H3,(H,74,89)(H,75,91)(H,76,90)(H,77,92)/t45-,46-,47-,48+,51?,52?,53-,54?,55-,56-,57-,60-,61-,62-/m0/s1. The van der Waals surface area contributed by atoms with Crippen LogP contribution in [0, 0.1) is 29.6 Å². The van der Waals surface area contributed by atoms with Crippen LogP contribution in [0.1, 0.15) is 204 Å². The molecule has 3 aliphatic carbocycles. The van der Waals surface area contributed by atoms with Gasteiger partial charge in [-0.25, -0.2) is 0 Å². The number of carbonyl (C=O) groups excluding carboxylic acids is 12. The first-order valence-electron chi connectivity index (χ1n) is 36.9. The summed E-state index contributed by atoms with van der Waals surface area (Å²) in [5.74, 6) is -9.55. The number of hydrogen-bond donors (Lipinski definition) is 5. The quantitative estimate of drug-likeness (QED) is 0.150. The summed E-state index contributed by atoms with van der Waals surface area (Å²) in [6.07, 6.45) is 12.2. The maximum atomic E-state index is 15.7. The van der Waals surface area contributed by atoms with E-state index < -0.39 is 162 Å². The van der Waals surface area contributed by atoms with Crippen molar-refractivity contribution >= 4 is 82.5 Å². The van der Waals surface area contributed by atoms with Crippen molar-refractivity contribution in [3.8, 4) is 0 Å². The molecular weight excluding hydrogens is 1290 g/mol. The molecule has 2 aliphatic heterocycles. The zero-order chi connectivity index (χ0) is 73.9. The molecule has 5 aliphatic rings. The largest absolute Gasteiger partial charge is 0.391 e. The first-order chi connectivity index (χ1) is 46.6. The van der Waals surface area contributed by atoms with Crippen LogP contribution < -0.4 is 21.3 Å². The van der Waals surface area contributed by atoms with Crippen LogP contribution in [0.3, 0.4) is 0 Å². The summed E-state index contributed by atoms with van der Waals surface area (Å²) in [7, 11) is 9.96. The van der Waals surface area contributed by atoms with E-state index in [1.54, 1.807) is 25.7 Å². The molecule has 0 radical (unpaired) electrons. The van der Waals surface area contributed by atoms with E-state index in [2.05, 4.69) is 21.3 Å². The minimum Gasteiger partial charge on any atom is -0.391 e. The summed E-state index contributed by atoms with van der Waals surface area (Å²) in [5, 5.41) is 22.4. The normalized spacial score (nSPS) is 30.2. The molecule has 0 spiro atoms. The van der Waals surface area contributed by atoms with Crippen LogP contribution in [0.4, 0.5) is 0 Å². The zero-order valence-corrected chi connectivity index (χ0v) is 63.2. The molecule has 2 saturated heterocycles. The fourth-order valence-electron chi connectivity index (χ4n) is 14.7. The second-order valence-electron chi connectivity index (χ2n) is 30.2. The van der Waals surface area contributed by atoms with Gasteiger partial charge in [-0.2, -0.15) is 0 Å². The number of halogens is 1. The smallest absolute Gasteiger partial charge is 0.248 e. The van der Waals surface area contributed by atoms with Crippen molar-refractivity contribution in [2.75, 3.05) is 75.6 Å². The third-order valence-electron chi connectivity index (χ3n) is 21.9. The number of piperidine rings is 1. The van der Waals surface area contributed by atoms with Gasteiger partial charge in [0.2, 0.25) is 70.9 Å². The predicted molar refractivity (Wildman–Crippen MR) is 377 cm³/mol. The Morgan fingerprint density at radius 1 is 0.535 bits per heavy atom. The number of nitrogens with one attached hydrogen (secondary N) is 4. The molecule has 0 aromatic carbocycles. The number of aliphatic hydroxyl groups excluding tert-OH is 1. The van der Waals surface area contributed by atoms with Gasteiger partial charge in [-0.05, 0) is 115 Å². The van der Waals surface area contributed by atoms with E-state index in [1.165, 1.54) is 89.7 Å². The highest BCUT2D eigenvalue weighted by Crippen LogP contribution is 2.33. The van der Waals surface area contributed by atoms with Crippen LogP contribution >= 0.6 is 11.6 Å². The van der Waals surface area contributed by atoms with Gasteiger partial charge in [-0.15, -0.1) is 11.6 Å². The Morgan fingerprint density at radius 3 is 1.58 bits per heavy atom. The van der Waals surface area contributed by atoms with Crippen molar-refractivity contribution in [1.29, 1.82) is 0 Å². The van der Waals surface area contributed by atoms with E-state index in [0.717, 1.165) is 98.2 Å². The van der Waals surface area contributed by atoms with E-state index in [1.807, 2.05) is 20.8 Å². The summed E-state index contributed by atoms with van der Waals surface area (Å²) in [6.45, 7) is 14.8. The van der Waals surface area contributed by atoms with Crippen LogP contribution in [0.5, 0.6) is 0 Å². The van der Waals surface area contributed by atoms with Crippen molar-refractivity contribution in [2.24, 2.45) is 29.6 Å². The van der Waals surface area contributed by atoms with Crippen molar-refractivity contribution in [2.45, 2.75) is 282 Å². The second-order valence-corrected chi connectivity index (χ2v) is 30.8. The summed E-state index contributed by atoms with van der Waals surface area (Å²) in [4.78, 5) is 189. The fourth-order valence-corrected chi connectivity index (χ4v) is 15.0. The van der Waals surface area contributed by atoms with Crippen molar-refractivity contribution < 1.29 is 67.4 Å². The Hall–Kier alpha value is -6.15. The summed E-state index contributed by atoms with van der Waals surface area (Å²) >= 11 is 6.69. The van der Waals surface area contributed by atoms with Gasteiger partial charge in [0.05, 0.1) is 31.8 Å². The van der Waals surface area contributed by atoms with E-state index in [4.69, 9.17) is 16.3 Å². The maximum absolute atomic E-state index is 15.7. The lowest BCUT2D eigenvalue weighted by atomic mass is 9.83. The molecule has 562 valence electrons. The zero-order valence-electron chi connectivity index (χ0n) is 62.5. The SMILES string of the molecule is CC[C@H](C)[C@H]1C(=O)N[C@@H]([C@@H](C)O)C(=O)N(C)CC(=O)N(C)[C@@H](C)C(=O)N[C@H](C(=O)N2CCCCC2)CC(=O)N(C)[C@@H](C)C(=O)N[C@@H](C(C)C)C(=O)N(C)[C@@H](CC(C)C)C(=O)N(C)[C@@H](CC2CCCCC2)C(=O)NC(COC2CCCC(Cl)C2)C(=O)N(C)[C@@H](CC2CCCCC2)C(=O)N1C. The molecule has 5 rings (SSSR count). The van der Waals surface area contributed by atoms with Gasteiger partial charge in [0.1, 0.15) is 60.4 Å². The number of likely N-dealkylation sites (tertiary alicyclic amines) is 1. The molecule has 12 amide bonds. The monoisotopic (exact) mass is 1410 g/mol. The Bertz CT molecular complexity index is 2760. The molecule has 3 unspecified atom stereocenters. The summed E-state index contributed by atoms with van der Waals surface area (Å²) in [5.41, 5.74) is 0. The molecule has 0 aromatic rings. The third kappa shape index (κ3) is 23.2. The van der Waals surface area contributed by atoms with Crippen molar-refractivity contribution in [3.63, 3.8) is 0 Å².